The van der Waals surface area contributed by atoms with Crippen molar-refractivity contribution in [3.8, 4) is 11.4 Å². The fourth-order valence-corrected chi connectivity index (χ4v) is 1.08. The molecule has 15 heavy (non-hydrogen) atoms. The number of ether oxygens (including phenoxy) is 1. The molecule has 0 fully saturated rings. The Labute approximate surface area is 84.5 Å². The molecule has 0 aromatic carbocycles. The van der Waals surface area contributed by atoms with E-state index in [1.165, 1.54) is 12.7 Å². The smallest absolute Gasteiger partial charge is 0.361 e. The van der Waals surface area contributed by atoms with Crippen molar-refractivity contribution in [1.29, 1.82) is 0 Å². The molecular formula is C8H8N4O3. The molecule has 0 saturated heterocycles. The number of rotatable bonds is 3. The van der Waals surface area contributed by atoms with Gasteiger partial charge in [-0.15, -0.1) is 5.10 Å². The van der Waals surface area contributed by atoms with E-state index >= 15 is 0 Å². The van der Waals surface area contributed by atoms with E-state index in [1.807, 2.05) is 0 Å². The third kappa shape index (κ3) is 1.71. The van der Waals surface area contributed by atoms with Gasteiger partial charge < -0.3 is 9.15 Å². The molecule has 0 aliphatic carbocycles. The number of hydrogen-bond acceptors (Lipinski definition) is 6. The van der Waals surface area contributed by atoms with Gasteiger partial charge >= 0.3 is 5.97 Å². The first-order valence-electron chi connectivity index (χ1n) is 4.29. The molecule has 1 N–H and O–H groups in total. The van der Waals surface area contributed by atoms with Crippen LogP contribution in [0.2, 0.25) is 0 Å². The fraction of sp³-hybridized carbons (Fsp3) is 0.250. The molecule has 0 atom stereocenters. The van der Waals surface area contributed by atoms with Crippen molar-refractivity contribution in [2.45, 2.75) is 6.92 Å². The lowest BCUT2D eigenvalue weighted by Crippen LogP contribution is -2.06. The Balaban J connectivity index is 2.34. The standard InChI is InChI=1S/C8H8N4O3/c1-2-15-8(13)7-6(10-12-11-7)5-3-14-4-9-5/h3-4H,2H2,1H3,(H,10,11,12). The maximum Gasteiger partial charge on any atom is 0.361 e. The topological polar surface area (TPSA) is 93.9 Å². The molecular weight excluding hydrogens is 200 g/mol. The molecule has 2 aromatic heterocycles. The first-order chi connectivity index (χ1) is 7.33. The van der Waals surface area contributed by atoms with E-state index in [1.54, 1.807) is 6.92 Å². The Morgan fingerprint density at radius 1 is 1.60 bits per heavy atom. The molecule has 2 aromatic rings. The molecule has 0 unspecified atom stereocenters. The van der Waals surface area contributed by atoms with Crippen LogP contribution in [-0.2, 0) is 4.74 Å². The summed E-state index contributed by atoms with van der Waals surface area (Å²) in [4.78, 5) is 15.3. The minimum Gasteiger partial charge on any atom is -0.461 e. The van der Waals surface area contributed by atoms with Crippen LogP contribution in [-0.4, -0.2) is 33.0 Å². The van der Waals surface area contributed by atoms with Crippen molar-refractivity contribution < 1.29 is 13.9 Å². The maximum atomic E-state index is 11.4. The Hall–Kier alpha value is -2.18. The summed E-state index contributed by atoms with van der Waals surface area (Å²) in [5, 5.41) is 9.84. The van der Waals surface area contributed by atoms with Gasteiger partial charge in [0.1, 0.15) is 17.7 Å². The van der Waals surface area contributed by atoms with E-state index in [-0.39, 0.29) is 12.3 Å². The lowest BCUT2D eigenvalue weighted by Gasteiger charge is -1.97. The van der Waals surface area contributed by atoms with Crippen LogP contribution < -0.4 is 0 Å². The molecule has 7 nitrogen and oxygen atoms in total. The number of aromatic amines is 1. The second-order valence-corrected chi connectivity index (χ2v) is 2.61. The predicted molar refractivity (Wildman–Crippen MR) is 47.8 cm³/mol. The third-order valence-electron chi connectivity index (χ3n) is 1.69. The highest BCUT2D eigenvalue weighted by Crippen LogP contribution is 2.17. The summed E-state index contributed by atoms with van der Waals surface area (Å²) in [6.07, 6.45) is 2.62. The average molecular weight is 208 g/mol. The quantitative estimate of drug-likeness (QED) is 0.743. The Kier molecular flexibility index (Phi) is 2.44. The molecule has 0 aliphatic heterocycles. The van der Waals surface area contributed by atoms with Crippen molar-refractivity contribution in [3.63, 3.8) is 0 Å². The van der Waals surface area contributed by atoms with Gasteiger partial charge in [0.25, 0.3) is 0 Å². The monoisotopic (exact) mass is 208 g/mol. The number of carbonyl (C=O) groups is 1. The second kappa shape index (κ2) is 3.91. The molecule has 2 rings (SSSR count). The summed E-state index contributed by atoms with van der Waals surface area (Å²) >= 11 is 0. The molecule has 0 bridgehead atoms. The normalized spacial score (nSPS) is 10.2. The lowest BCUT2D eigenvalue weighted by molar-refractivity contribution is 0.0520. The van der Waals surface area contributed by atoms with Crippen LogP contribution in [0.3, 0.4) is 0 Å². The Morgan fingerprint density at radius 2 is 2.47 bits per heavy atom. The highest BCUT2D eigenvalue weighted by atomic mass is 16.5. The van der Waals surface area contributed by atoms with Crippen molar-refractivity contribution in [2.75, 3.05) is 6.61 Å². The number of carbonyl (C=O) groups excluding carboxylic acids is 1. The van der Waals surface area contributed by atoms with Gasteiger partial charge in [0.2, 0.25) is 0 Å². The van der Waals surface area contributed by atoms with Crippen LogP contribution in [0, 0.1) is 0 Å². The van der Waals surface area contributed by atoms with Crippen molar-refractivity contribution in [1.82, 2.24) is 20.4 Å². The number of oxazole rings is 1. The number of H-pyrrole nitrogens is 1. The maximum absolute atomic E-state index is 11.4. The van der Waals surface area contributed by atoms with Gasteiger partial charge in [0, 0.05) is 0 Å². The first-order valence-corrected chi connectivity index (χ1v) is 4.29. The van der Waals surface area contributed by atoms with E-state index in [4.69, 9.17) is 9.15 Å². The van der Waals surface area contributed by atoms with Gasteiger partial charge in [-0.2, -0.15) is 10.3 Å². The highest BCUT2D eigenvalue weighted by molar-refractivity contribution is 5.93. The van der Waals surface area contributed by atoms with Gasteiger partial charge in [-0.05, 0) is 6.92 Å². The van der Waals surface area contributed by atoms with Gasteiger partial charge in [0.05, 0.1) is 6.61 Å². The van der Waals surface area contributed by atoms with E-state index in [0.29, 0.717) is 11.4 Å². The van der Waals surface area contributed by atoms with Gasteiger partial charge in [0.15, 0.2) is 12.1 Å². The van der Waals surface area contributed by atoms with Crippen LogP contribution in [0.15, 0.2) is 17.1 Å². The van der Waals surface area contributed by atoms with Crippen LogP contribution in [0.1, 0.15) is 17.4 Å². The molecule has 0 spiro atoms. The van der Waals surface area contributed by atoms with Crippen LogP contribution >= 0.6 is 0 Å². The summed E-state index contributed by atoms with van der Waals surface area (Å²) in [5.74, 6) is -0.538. The van der Waals surface area contributed by atoms with E-state index < -0.39 is 5.97 Å². The second-order valence-electron chi connectivity index (χ2n) is 2.61. The average Bonchev–Trinajstić information content (AvgIpc) is 2.88. The van der Waals surface area contributed by atoms with E-state index in [2.05, 4.69) is 20.4 Å². The Bertz CT molecular complexity index is 448. The zero-order chi connectivity index (χ0) is 10.7. The highest BCUT2D eigenvalue weighted by Gasteiger charge is 2.20. The first kappa shape index (κ1) is 9.38. The molecule has 2 heterocycles. The molecule has 0 amide bonds. The minimum atomic E-state index is -0.538. The molecule has 78 valence electrons. The van der Waals surface area contributed by atoms with Crippen LogP contribution in [0.25, 0.3) is 11.4 Å². The summed E-state index contributed by atoms with van der Waals surface area (Å²) in [6, 6.07) is 0. The molecule has 0 saturated carbocycles. The third-order valence-corrected chi connectivity index (χ3v) is 1.69. The van der Waals surface area contributed by atoms with Gasteiger partial charge in [-0.3, -0.25) is 0 Å². The van der Waals surface area contributed by atoms with Gasteiger partial charge in [-0.1, -0.05) is 0 Å². The lowest BCUT2D eigenvalue weighted by atomic mass is 10.2. The largest absolute Gasteiger partial charge is 0.461 e. The minimum absolute atomic E-state index is 0.103. The van der Waals surface area contributed by atoms with Crippen LogP contribution in [0.5, 0.6) is 0 Å². The van der Waals surface area contributed by atoms with Crippen molar-refractivity contribution in [3.05, 3.63) is 18.4 Å². The number of nitrogens with one attached hydrogen (secondary N) is 1. The summed E-state index contributed by atoms with van der Waals surface area (Å²) in [7, 11) is 0. The number of nitrogens with zero attached hydrogens (tertiary/aromatic N) is 3. The van der Waals surface area contributed by atoms with Crippen molar-refractivity contribution >= 4 is 5.97 Å². The summed E-state index contributed by atoms with van der Waals surface area (Å²) < 4.78 is 9.59. The molecule has 0 radical (unpaired) electrons. The fourth-order valence-electron chi connectivity index (χ4n) is 1.08. The zero-order valence-corrected chi connectivity index (χ0v) is 7.93. The van der Waals surface area contributed by atoms with Gasteiger partial charge in [-0.25, -0.2) is 9.78 Å². The summed E-state index contributed by atoms with van der Waals surface area (Å²) in [6.45, 7) is 2.00. The SMILES string of the molecule is CCOC(=O)c1n[nH]nc1-c1cocn1. The van der Waals surface area contributed by atoms with Crippen LogP contribution in [0.4, 0.5) is 0 Å². The molecule has 0 aliphatic rings. The Morgan fingerprint density at radius 3 is 3.13 bits per heavy atom. The van der Waals surface area contributed by atoms with E-state index in [0.717, 1.165) is 0 Å². The number of aromatic nitrogens is 4. The molecule has 7 heteroatoms. The number of esters is 1. The summed E-state index contributed by atoms with van der Waals surface area (Å²) in [5.41, 5.74) is 0.861. The zero-order valence-electron chi connectivity index (χ0n) is 7.93. The number of hydrogen-bond donors (Lipinski definition) is 1. The van der Waals surface area contributed by atoms with Crippen molar-refractivity contribution in [2.24, 2.45) is 0 Å². The predicted octanol–water partition coefficient (Wildman–Crippen LogP) is 0.636. The van der Waals surface area contributed by atoms with E-state index in [9.17, 15) is 4.79 Å².